The third-order valence-electron chi connectivity index (χ3n) is 3.00. The normalized spacial score (nSPS) is 10.7. The Bertz CT molecular complexity index is 789. The van der Waals surface area contributed by atoms with Crippen molar-refractivity contribution in [1.82, 2.24) is 4.98 Å². The van der Waals surface area contributed by atoms with Crippen molar-refractivity contribution in [2.75, 3.05) is 11.1 Å². The fraction of sp³-hybridized carbons (Fsp3) is 0. The molecule has 100 valence electrons. The zero-order valence-electron chi connectivity index (χ0n) is 10.4. The molecule has 3 rings (SSSR count). The average Bonchev–Trinajstić information content (AvgIpc) is 2.42. The number of nitrogen functional groups attached to an aromatic ring is 1. The van der Waals surface area contributed by atoms with Crippen LogP contribution in [0.3, 0.4) is 0 Å². The summed E-state index contributed by atoms with van der Waals surface area (Å²) >= 11 is 6.02. The average molecular weight is 288 g/mol. The van der Waals surface area contributed by atoms with Crippen LogP contribution in [-0.4, -0.2) is 4.98 Å². The molecule has 0 saturated heterocycles. The van der Waals surface area contributed by atoms with Gasteiger partial charge in [0.05, 0.1) is 5.69 Å². The summed E-state index contributed by atoms with van der Waals surface area (Å²) in [4.78, 5) is 4.23. The van der Waals surface area contributed by atoms with Gasteiger partial charge in [-0.15, -0.1) is 0 Å². The second-order valence-corrected chi connectivity index (χ2v) is 4.79. The van der Waals surface area contributed by atoms with Crippen LogP contribution in [0.25, 0.3) is 10.8 Å². The lowest BCUT2D eigenvalue weighted by Crippen LogP contribution is -1.98. The Hall–Kier alpha value is -2.33. The minimum Gasteiger partial charge on any atom is -0.398 e. The van der Waals surface area contributed by atoms with E-state index >= 15 is 0 Å². The van der Waals surface area contributed by atoms with Crippen LogP contribution in [0.1, 0.15) is 0 Å². The number of anilines is 3. The number of nitrogens with zero attached hydrogens (tertiary/aromatic N) is 1. The number of halogens is 2. The molecule has 5 heteroatoms. The molecule has 0 fully saturated rings. The van der Waals surface area contributed by atoms with Gasteiger partial charge < -0.3 is 11.1 Å². The highest BCUT2D eigenvalue weighted by atomic mass is 35.5. The Labute approximate surface area is 120 Å². The van der Waals surface area contributed by atoms with Gasteiger partial charge in [0.2, 0.25) is 0 Å². The molecular weight excluding hydrogens is 277 g/mol. The zero-order chi connectivity index (χ0) is 14.1. The summed E-state index contributed by atoms with van der Waals surface area (Å²) in [7, 11) is 0. The van der Waals surface area contributed by atoms with E-state index in [4.69, 9.17) is 17.3 Å². The molecule has 3 aromatic rings. The Morgan fingerprint density at radius 2 is 1.90 bits per heavy atom. The van der Waals surface area contributed by atoms with Crippen LogP contribution in [0.2, 0.25) is 5.02 Å². The zero-order valence-corrected chi connectivity index (χ0v) is 11.2. The van der Waals surface area contributed by atoms with Gasteiger partial charge in [-0.25, -0.2) is 9.37 Å². The lowest BCUT2D eigenvalue weighted by molar-refractivity contribution is 0.632. The highest BCUT2D eigenvalue weighted by Gasteiger charge is 2.08. The summed E-state index contributed by atoms with van der Waals surface area (Å²) in [5.41, 5.74) is 6.85. The number of nitrogens with one attached hydrogen (secondary N) is 1. The maximum Gasteiger partial charge on any atom is 0.146 e. The van der Waals surface area contributed by atoms with Gasteiger partial charge in [0.1, 0.15) is 11.6 Å². The van der Waals surface area contributed by atoms with Crippen molar-refractivity contribution in [3.63, 3.8) is 0 Å². The number of hydrogen-bond donors (Lipinski definition) is 2. The van der Waals surface area contributed by atoms with Gasteiger partial charge in [-0.05, 0) is 30.3 Å². The molecule has 0 bridgehead atoms. The summed E-state index contributed by atoms with van der Waals surface area (Å²) in [5.74, 6) is 0.170. The molecule has 3 N–H and O–H groups in total. The Morgan fingerprint density at radius 1 is 1.10 bits per heavy atom. The monoisotopic (exact) mass is 287 g/mol. The third-order valence-corrected chi connectivity index (χ3v) is 3.22. The van der Waals surface area contributed by atoms with Crippen molar-refractivity contribution in [3.05, 3.63) is 59.5 Å². The number of rotatable bonds is 2. The van der Waals surface area contributed by atoms with Gasteiger partial charge >= 0.3 is 0 Å². The maximum atomic E-state index is 13.7. The second-order valence-electron chi connectivity index (χ2n) is 4.35. The first kappa shape index (κ1) is 12.7. The molecular formula is C15H11ClFN3. The van der Waals surface area contributed by atoms with Crippen LogP contribution in [0.4, 0.5) is 21.6 Å². The summed E-state index contributed by atoms with van der Waals surface area (Å²) in [6, 6.07) is 11.6. The fourth-order valence-electron chi connectivity index (χ4n) is 2.07. The first-order valence-electron chi connectivity index (χ1n) is 6.00. The number of nitrogens with two attached hydrogens (primary N) is 1. The molecule has 1 aromatic heterocycles. The molecule has 0 aliphatic heterocycles. The Balaban J connectivity index is 2.15. The Morgan fingerprint density at radius 3 is 2.70 bits per heavy atom. The van der Waals surface area contributed by atoms with Gasteiger partial charge in [-0.1, -0.05) is 23.7 Å². The van der Waals surface area contributed by atoms with E-state index < -0.39 is 0 Å². The van der Waals surface area contributed by atoms with E-state index in [9.17, 15) is 4.39 Å². The lowest BCUT2D eigenvalue weighted by Gasteiger charge is -2.11. The number of fused-ring (bicyclic) bond motifs is 1. The SMILES string of the molecule is Nc1cc(Cl)cc2c(Nc3ccccc3F)nccc12. The van der Waals surface area contributed by atoms with E-state index in [0.717, 1.165) is 10.8 Å². The molecule has 0 atom stereocenters. The van der Waals surface area contributed by atoms with E-state index in [-0.39, 0.29) is 5.82 Å². The van der Waals surface area contributed by atoms with Crippen molar-refractivity contribution in [2.24, 2.45) is 0 Å². The Kier molecular flexibility index (Phi) is 3.16. The standard InChI is InChI=1S/C15H11ClFN3/c16-9-7-11-10(13(18)8-9)5-6-19-15(11)20-14-4-2-1-3-12(14)17/h1-8H,18H2,(H,19,20). The van der Waals surface area contributed by atoms with Crippen LogP contribution in [0, 0.1) is 5.82 Å². The van der Waals surface area contributed by atoms with E-state index in [0.29, 0.717) is 22.2 Å². The van der Waals surface area contributed by atoms with E-state index in [1.165, 1.54) is 6.07 Å². The molecule has 0 amide bonds. The summed E-state index contributed by atoms with van der Waals surface area (Å²) in [6.45, 7) is 0. The molecule has 20 heavy (non-hydrogen) atoms. The van der Waals surface area contributed by atoms with Crippen molar-refractivity contribution >= 4 is 39.6 Å². The largest absolute Gasteiger partial charge is 0.398 e. The second kappa shape index (κ2) is 4.98. The van der Waals surface area contributed by atoms with Gasteiger partial charge in [0.15, 0.2) is 0 Å². The van der Waals surface area contributed by atoms with Gasteiger partial charge in [0, 0.05) is 27.7 Å². The molecule has 0 unspecified atom stereocenters. The molecule has 1 heterocycles. The van der Waals surface area contributed by atoms with Crippen molar-refractivity contribution < 1.29 is 4.39 Å². The highest BCUT2D eigenvalue weighted by Crippen LogP contribution is 2.31. The third kappa shape index (κ3) is 2.26. The van der Waals surface area contributed by atoms with E-state index in [2.05, 4.69) is 10.3 Å². The predicted octanol–water partition coefficient (Wildman–Crippen LogP) is 4.35. The minimum atomic E-state index is -0.346. The molecule has 3 nitrogen and oxygen atoms in total. The van der Waals surface area contributed by atoms with Crippen molar-refractivity contribution in [1.29, 1.82) is 0 Å². The number of benzene rings is 2. The first-order valence-corrected chi connectivity index (χ1v) is 6.38. The predicted molar refractivity (Wildman–Crippen MR) is 80.8 cm³/mol. The van der Waals surface area contributed by atoms with E-state index in [1.807, 2.05) is 0 Å². The molecule has 0 saturated carbocycles. The molecule has 0 spiro atoms. The fourth-order valence-corrected chi connectivity index (χ4v) is 2.29. The quantitative estimate of drug-likeness (QED) is 0.689. The molecule has 0 aliphatic carbocycles. The first-order chi connectivity index (χ1) is 9.65. The van der Waals surface area contributed by atoms with Crippen LogP contribution >= 0.6 is 11.6 Å². The minimum absolute atomic E-state index is 0.346. The molecule has 0 aliphatic rings. The topological polar surface area (TPSA) is 50.9 Å². The van der Waals surface area contributed by atoms with Crippen LogP contribution in [0.15, 0.2) is 48.7 Å². The van der Waals surface area contributed by atoms with Crippen LogP contribution in [0.5, 0.6) is 0 Å². The van der Waals surface area contributed by atoms with Crippen LogP contribution in [-0.2, 0) is 0 Å². The number of aromatic nitrogens is 1. The van der Waals surface area contributed by atoms with Crippen molar-refractivity contribution in [2.45, 2.75) is 0 Å². The van der Waals surface area contributed by atoms with Crippen molar-refractivity contribution in [3.8, 4) is 0 Å². The maximum absolute atomic E-state index is 13.7. The van der Waals surface area contributed by atoms with Gasteiger partial charge in [0.25, 0.3) is 0 Å². The summed E-state index contributed by atoms with van der Waals surface area (Å²) in [6.07, 6.45) is 1.62. The summed E-state index contributed by atoms with van der Waals surface area (Å²) < 4.78 is 13.7. The lowest BCUT2D eigenvalue weighted by atomic mass is 10.1. The van der Waals surface area contributed by atoms with Crippen LogP contribution < -0.4 is 11.1 Å². The molecule has 2 aromatic carbocycles. The highest BCUT2D eigenvalue weighted by molar-refractivity contribution is 6.32. The number of pyridine rings is 1. The van der Waals surface area contributed by atoms with Gasteiger partial charge in [-0.3, -0.25) is 0 Å². The summed E-state index contributed by atoms with van der Waals surface area (Å²) in [5, 5.41) is 5.06. The van der Waals surface area contributed by atoms with E-state index in [1.54, 1.807) is 42.6 Å². The molecule has 0 radical (unpaired) electrons. The smallest absolute Gasteiger partial charge is 0.146 e. The van der Waals surface area contributed by atoms with Gasteiger partial charge in [-0.2, -0.15) is 0 Å². The number of hydrogen-bond acceptors (Lipinski definition) is 3. The number of para-hydroxylation sites is 1.